The first-order chi connectivity index (χ1) is 9.31. The summed E-state index contributed by atoms with van der Waals surface area (Å²) in [5.74, 6) is 0.951. The highest BCUT2D eigenvalue weighted by atomic mass is 16.5. The number of anilines is 1. The van der Waals surface area contributed by atoms with Crippen molar-refractivity contribution in [1.82, 2.24) is 0 Å². The fourth-order valence-electron chi connectivity index (χ4n) is 3.08. The van der Waals surface area contributed by atoms with E-state index in [1.807, 2.05) is 0 Å². The Hall–Kier alpha value is -1.02. The van der Waals surface area contributed by atoms with Crippen molar-refractivity contribution in [3.63, 3.8) is 0 Å². The minimum atomic E-state index is 0.648. The quantitative estimate of drug-likeness (QED) is 0.782. The molecule has 0 aromatic heterocycles. The molecule has 1 N–H and O–H groups in total. The summed E-state index contributed by atoms with van der Waals surface area (Å²) in [4.78, 5) is 0. The Labute approximate surface area is 117 Å². The molecule has 0 saturated heterocycles. The standard InChI is InChI=1S/C17H27NO/c1-3-14-6-4-8-16(11-10-14)18-17-9-5-7-15(12-17)13-19-2/h5,7,9,12,14,16,18H,3-4,6,8,10-11,13H2,1-2H3. The molecule has 1 fully saturated rings. The van der Waals surface area contributed by atoms with Crippen LogP contribution in [0, 0.1) is 5.92 Å². The molecule has 2 rings (SSSR count). The van der Waals surface area contributed by atoms with E-state index in [-0.39, 0.29) is 0 Å². The summed E-state index contributed by atoms with van der Waals surface area (Å²) in [7, 11) is 1.75. The Bertz CT molecular complexity index is 377. The van der Waals surface area contributed by atoms with Crippen LogP contribution < -0.4 is 5.32 Å². The minimum Gasteiger partial charge on any atom is -0.382 e. The Morgan fingerprint density at radius 1 is 1.21 bits per heavy atom. The summed E-state index contributed by atoms with van der Waals surface area (Å²) >= 11 is 0. The van der Waals surface area contributed by atoms with E-state index in [9.17, 15) is 0 Å². The van der Waals surface area contributed by atoms with Gasteiger partial charge in [-0.3, -0.25) is 0 Å². The van der Waals surface area contributed by atoms with Crippen molar-refractivity contribution in [3.8, 4) is 0 Å². The lowest BCUT2D eigenvalue weighted by Crippen LogP contribution is -2.18. The Kier molecular flexibility index (Phi) is 5.71. The van der Waals surface area contributed by atoms with Gasteiger partial charge in [0.05, 0.1) is 6.61 Å². The van der Waals surface area contributed by atoms with Gasteiger partial charge in [-0.2, -0.15) is 0 Å². The number of hydrogen-bond donors (Lipinski definition) is 1. The third-order valence-electron chi connectivity index (χ3n) is 4.27. The van der Waals surface area contributed by atoms with Gasteiger partial charge in [0.2, 0.25) is 0 Å². The third-order valence-corrected chi connectivity index (χ3v) is 4.27. The van der Waals surface area contributed by atoms with E-state index < -0.39 is 0 Å². The van der Waals surface area contributed by atoms with Crippen molar-refractivity contribution in [2.24, 2.45) is 5.92 Å². The molecule has 0 radical (unpaired) electrons. The van der Waals surface area contributed by atoms with Crippen LogP contribution in [0.1, 0.15) is 51.0 Å². The first-order valence-corrected chi connectivity index (χ1v) is 7.66. The number of methoxy groups -OCH3 is 1. The van der Waals surface area contributed by atoms with E-state index in [4.69, 9.17) is 4.74 Å². The highest BCUT2D eigenvalue weighted by Gasteiger charge is 2.17. The van der Waals surface area contributed by atoms with Crippen molar-refractivity contribution in [3.05, 3.63) is 29.8 Å². The van der Waals surface area contributed by atoms with E-state index >= 15 is 0 Å². The molecule has 0 heterocycles. The zero-order valence-electron chi connectivity index (χ0n) is 12.3. The molecule has 1 saturated carbocycles. The minimum absolute atomic E-state index is 0.648. The van der Waals surface area contributed by atoms with Gasteiger partial charge in [-0.25, -0.2) is 0 Å². The average molecular weight is 261 g/mol. The summed E-state index contributed by atoms with van der Waals surface area (Å²) in [5, 5.41) is 3.71. The SMILES string of the molecule is CCC1CCCC(Nc2cccc(COC)c2)CC1. The van der Waals surface area contributed by atoms with Crippen LogP contribution in [0.25, 0.3) is 0 Å². The molecule has 0 aliphatic heterocycles. The number of nitrogens with one attached hydrogen (secondary N) is 1. The van der Waals surface area contributed by atoms with Gasteiger partial charge in [0.15, 0.2) is 0 Å². The van der Waals surface area contributed by atoms with Crippen molar-refractivity contribution in [2.45, 2.75) is 58.1 Å². The molecule has 1 aromatic carbocycles. The smallest absolute Gasteiger partial charge is 0.0713 e. The van der Waals surface area contributed by atoms with Gasteiger partial charge in [0, 0.05) is 18.8 Å². The second-order valence-corrected chi connectivity index (χ2v) is 5.76. The largest absolute Gasteiger partial charge is 0.382 e. The third kappa shape index (κ3) is 4.54. The Morgan fingerprint density at radius 2 is 2.11 bits per heavy atom. The first-order valence-electron chi connectivity index (χ1n) is 7.66. The van der Waals surface area contributed by atoms with Gasteiger partial charge in [0.1, 0.15) is 0 Å². The molecular weight excluding hydrogens is 234 g/mol. The van der Waals surface area contributed by atoms with E-state index in [2.05, 4.69) is 36.5 Å². The molecule has 0 amide bonds. The maximum absolute atomic E-state index is 5.19. The van der Waals surface area contributed by atoms with Gasteiger partial charge in [0.25, 0.3) is 0 Å². The van der Waals surface area contributed by atoms with E-state index in [1.54, 1.807) is 7.11 Å². The molecule has 0 bridgehead atoms. The fraction of sp³-hybridized carbons (Fsp3) is 0.647. The van der Waals surface area contributed by atoms with E-state index in [0.29, 0.717) is 12.6 Å². The monoisotopic (exact) mass is 261 g/mol. The number of rotatable bonds is 5. The molecule has 1 aromatic rings. The van der Waals surface area contributed by atoms with Gasteiger partial charge in [-0.1, -0.05) is 38.3 Å². The summed E-state index contributed by atoms with van der Waals surface area (Å²) in [6, 6.07) is 9.26. The van der Waals surface area contributed by atoms with Gasteiger partial charge >= 0.3 is 0 Å². The molecular formula is C17H27NO. The van der Waals surface area contributed by atoms with Gasteiger partial charge < -0.3 is 10.1 Å². The molecule has 2 heteroatoms. The molecule has 0 spiro atoms. The second kappa shape index (κ2) is 7.54. The number of ether oxygens (including phenoxy) is 1. The van der Waals surface area contributed by atoms with Crippen molar-refractivity contribution in [1.29, 1.82) is 0 Å². The predicted molar refractivity (Wildman–Crippen MR) is 81.4 cm³/mol. The maximum Gasteiger partial charge on any atom is 0.0713 e. The van der Waals surface area contributed by atoms with Crippen LogP contribution in [-0.2, 0) is 11.3 Å². The lowest BCUT2D eigenvalue weighted by Gasteiger charge is -2.18. The predicted octanol–water partition coefficient (Wildman–Crippen LogP) is 4.60. The molecule has 1 aliphatic rings. The highest BCUT2D eigenvalue weighted by molar-refractivity contribution is 5.46. The maximum atomic E-state index is 5.19. The Morgan fingerprint density at radius 3 is 2.89 bits per heavy atom. The fourth-order valence-corrected chi connectivity index (χ4v) is 3.08. The second-order valence-electron chi connectivity index (χ2n) is 5.76. The van der Waals surface area contributed by atoms with Crippen molar-refractivity contribution < 1.29 is 4.74 Å². The van der Waals surface area contributed by atoms with Crippen LogP contribution in [0.4, 0.5) is 5.69 Å². The van der Waals surface area contributed by atoms with Crippen LogP contribution in [0.15, 0.2) is 24.3 Å². The molecule has 2 atom stereocenters. The van der Waals surface area contributed by atoms with E-state index in [0.717, 1.165) is 5.92 Å². The number of benzene rings is 1. The molecule has 2 nitrogen and oxygen atoms in total. The van der Waals surface area contributed by atoms with Crippen LogP contribution in [0.5, 0.6) is 0 Å². The number of hydrogen-bond acceptors (Lipinski definition) is 2. The van der Waals surface area contributed by atoms with Crippen molar-refractivity contribution >= 4 is 5.69 Å². The normalized spacial score (nSPS) is 23.9. The summed E-state index contributed by atoms with van der Waals surface area (Å²) in [5.41, 5.74) is 2.49. The van der Waals surface area contributed by atoms with Crippen LogP contribution in [0.2, 0.25) is 0 Å². The average Bonchev–Trinajstić information content (AvgIpc) is 2.65. The van der Waals surface area contributed by atoms with Crippen LogP contribution in [0.3, 0.4) is 0 Å². The zero-order valence-corrected chi connectivity index (χ0v) is 12.3. The van der Waals surface area contributed by atoms with Crippen molar-refractivity contribution in [2.75, 3.05) is 12.4 Å². The highest BCUT2D eigenvalue weighted by Crippen LogP contribution is 2.27. The van der Waals surface area contributed by atoms with Gasteiger partial charge in [-0.15, -0.1) is 0 Å². The lowest BCUT2D eigenvalue weighted by atomic mass is 9.98. The summed E-state index contributed by atoms with van der Waals surface area (Å²) in [6.07, 6.45) is 8.13. The molecule has 19 heavy (non-hydrogen) atoms. The van der Waals surface area contributed by atoms with E-state index in [1.165, 1.54) is 49.8 Å². The first kappa shape index (κ1) is 14.4. The molecule has 1 aliphatic carbocycles. The summed E-state index contributed by atoms with van der Waals surface area (Å²) in [6.45, 7) is 3.02. The van der Waals surface area contributed by atoms with Crippen LogP contribution >= 0.6 is 0 Å². The van der Waals surface area contributed by atoms with Gasteiger partial charge in [-0.05, 0) is 42.9 Å². The Balaban J connectivity index is 1.91. The molecule has 2 unspecified atom stereocenters. The topological polar surface area (TPSA) is 21.3 Å². The zero-order chi connectivity index (χ0) is 13.5. The summed E-state index contributed by atoms with van der Waals surface area (Å²) < 4.78 is 5.19. The lowest BCUT2D eigenvalue weighted by molar-refractivity contribution is 0.185. The molecule has 106 valence electrons. The van der Waals surface area contributed by atoms with Crippen LogP contribution in [-0.4, -0.2) is 13.2 Å².